The van der Waals surface area contributed by atoms with E-state index in [0.29, 0.717) is 12.0 Å². The van der Waals surface area contributed by atoms with Crippen LogP contribution in [-0.2, 0) is 5.41 Å². The molecule has 0 saturated heterocycles. The van der Waals surface area contributed by atoms with E-state index in [4.69, 9.17) is 0 Å². The van der Waals surface area contributed by atoms with Gasteiger partial charge in [0.1, 0.15) is 0 Å². The third kappa shape index (κ3) is 3.32. The van der Waals surface area contributed by atoms with E-state index in [0.717, 1.165) is 6.42 Å². The van der Waals surface area contributed by atoms with Crippen molar-refractivity contribution in [2.75, 3.05) is 4.90 Å². The van der Waals surface area contributed by atoms with Crippen LogP contribution in [0.5, 0.6) is 0 Å². The smallest absolute Gasteiger partial charge is 0.0414 e. The van der Waals surface area contributed by atoms with Crippen molar-refractivity contribution in [3.63, 3.8) is 0 Å². The van der Waals surface area contributed by atoms with Gasteiger partial charge in [-0.15, -0.1) is 0 Å². The number of allylic oxidation sites excluding steroid dienone is 4. The largest absolute Gasteiger partial charge is 0.342 e. The molecule has 2 aliphatic carbocycles. The molecule has 1 nitrogen and oxygen atoms in total. The number of fused-ring (bicyclic) bond motifs is 3. The van der Waals surface area contributed by atoms with E-state index in [2.05, 4.69) is 124 Å². The summed E-state index contributed by atoms with van der Waals surface area (Å²) in [6.45, 7) is 11.7. The van der Waals surface area contributed by atoms with E-state index in [1.54, 1.807) is 0 Å². The van der Waals surface area contributed by atoms with Gasteiger partial charge in [0.25, 0.3) is 0 Å². The molecule has 1 heteroatoms. The summed E-state index contributed by atoms with van der Waals surface area (Å²) in [5.41, 5.74) is 11.1. The van der Waals surface area contributed by atoms with Crippen LogP contribution in [0.15, 0.2) is 90.6 Å². The van der Waals surface area contributed by atoms with Crippen LogP contribution >= 0.6 is 0 Å². The van der Waals surface area contributed by atoms with Crippen LogP contribution in [0.4, 0.5) is 5.69 Å². The lowest BCUT2D eigenvalue weighted by Crippen LogP contribution is -2.34. The summed E-state index contributed by atoms with van der Waals surface area (Å²) in [5, 5.41) is 0. The summed E-state index contributed by atoms with van der Waals surface area (Å²) in [6.07, 6.45) is 5.75. The van der Waals surface area contributed by atoms with Gasteiger partial charge in [-0.25, -0.2) is 0 Å². The summed E-state index contributed by atoms with van der Waals surface area (Å²) >= 11 is 0. The maximum Gasteiger partial charge on any atom is 0.0414 e. The van der Waals surface area contributed by atoms with Crippen LogP contribution in [-0.4, -0.2) is 6.04 Å². The molecule has 0 heterocycles. The Hall–Kier alpha value is -3.06. The molecular weight excluding hydrogens is 386 g/mol. The average molecular weight is 420 g/mol. The van der Waals surface area contributed by atoms with Crippen molar-refractivity contribution in [1.82, 2.24) is 0 Å². The molecule has 0 aromatic heterocycles. The van der Waals surface area contributed by atoms with E-state index in [1.165, 1.54) is 44.8 Å². The van der Waals surface area contributed by atoms with Crippen molar-refractivity contribution < 1.29 is 0 Å². The zero-order valence-corrected chi connectivity index (χ0v) is 19.9. The van der Waals surface area contributed by atoms with Crippen molar-refractivity contribution in [3.8, 4) is 11.1 Å². The highest BCUT2D eigenvalue weighted by Gasteiger charge is 2.36. The summed E-state index contributed by atoms with van der Waals surface area (Å²) < 4.78 is 0. The molecular formula is C31H33N. The zero-order valence-electron chi connectivity index (χ0n) is 19.9. The zero-order chi connectivity index (χ0) is 22.5. The van der Waals surface area contributed by atoms with Crippen molar-refractivity contribution in [3.05, 3.63) is 107 Å². The fourth-order valence-electron chi connectivity index (χ4n) is 5.62. The minimum absolute atomic E-state index is 0.0253. The molecule has 2 aliphatic rings. The predicted octanol–water partition coefficient (Wildman–Crippen LogP) is 8.22. The third-order valence-electron chi connectivity index (χ3n) is 7.27. The van der Waals surface area contributed by atoms with Gasteiger partial charge in [0.05, 0.1) is 0 Å². The molecule has 0 bridgehead atoms. The molecule has 32 heavy (non-hydrogen) atoms. The Morgan fingerprint density at radius 3 is 2.22 bits per heavy atom. The first kappa shape index (κ1) is 20.8. The Morgan fingerprint density at radius 2 is 1.50 bits per heavy atom. The molecule has 0 spiro atoms. The fraction of sp³-hybridized carbons (Fsp3) is 0.290. The van der Waals surface area contributed by atoms with Crippen molar-refractivity contribution in [2.24, 2.45) is 5.92 Å². The second-order valence-electron chi connectivity index (χ2n) is 10.1. The molecule has 0 N–H and O–H groups in total. The van der Waals surface area contributed by atoms with Gasteiger partial charge in [-0.3, -0.25) is 0 Å². The Kier molecular flexibility index (Phi) is 5.08. The van der Waals surface area contributed by atoms with Crippen LogP contribution in [0.3, 0.4) is 0 Å². The third-order valence-corrected chi connectivity index (χ3v) is 7.27. The van der Waals surface area contributed by atoms with Gasteiger partial charge in [-0.2, -0.15) is 0 Å². The number of anilines is 1. The monoisotopic (exact) mass is 419 g/mol. The Balaban J connectivity index is 1.56. The fourth-order valence-corrected chi connectivity index (χ4v) is 5.62. The molecule has 0 fully saturated rings. The van der Waals surface area contributed by atoms with Crippen LogP contribution in [0.2, 0.25) is 0 Å². The summed E-state index contributed by atoms with van der Waals surface area (Å²) in [6, 6.07) is 27.2. The van der Waals surface area contributed by atoms with Crippen molar-refractivity contribution >= 4 is 11.3 Å². The van der Waals surface area contributed by atoms with E-state index < -0.39 is 0 Å². The Morgan fingerprint density at radius 1 is 0.812 bits per heavy atom. The number of hydrogen-bond donors (Lipinski definition) is 0. The first-order chi connectivity index (χ1) is 15.4. The number of benzene rings is 3. The first-order valence-corrected chi connectivity index (χ1v) is 11.9. The summed E-state index contributed by atoms with van der Waals surface area (Å²) in [7, 11) is 0. The van der Waals surface area contributed by atoms with Gasteiger partial charge in [0.2, 0.25) is 0 Å². The molecule has 0 amide bonds. The lowest BCUT2D eigenvalue weighted by atomic mass is 9.82. The minimum atomic E-state index is 0.0253. The molecule has 0 saturated carbocycles. The highest BCUT2D eigenvalue weighted by atomic mass is 15.2. The minimum Gasteiger partial charge on any atom is -0.342 e. The van der Waals surface area contributed by atoms with Crippen LogP contribution in [0.1, 0.15) is 57.7 Å². The molecule has 1 unspecified atom stereocenters. The van der Waals surface area contributed by atoms with Crippen molar-refractivity contribution in [1.29, 1.82) is 0 Å². The molecule has 3 aromatic carbocycles. The van der Waals surface area contributed by atoms with Crippen LogP contribution in [0, 0.1) is 5.92 Å². The van der Waals surface area contributed by atoms with Gasteiger partial charge in [0.15, 0.2) is 0 Å². The van der Waals surface area contributed by atoms with E-state index in [-0.39, 0.29) is 5.41 Å². The highest BCUT2D eigenvalue weighted by Crippen LogP contribution is 2.50. The van der Waals surface area contributed by atoms with E-state index >= 15 is 0 Å². The SMILES string of the molecule is CC1CC(c2ccccc2)=CC=C1N(c1ccc2c(c1)C(C)(C)c1ccccc1-2)C(C)C. The lowest BCUT2D eigenvalue weighted by Gasteiger charge is -2.37. The Bertz CT molecular complexity index is 1210. The molecule has 5 rings (SSSR count). The number of rotatable bonds is 4. The van der Waals surface area contributed by atoms with Gasteiger partial charge < -0.3 is 4.90 Å². The predicted molar refractivity (Wildman–Crippen MR) is 138 cm³/mol. The second kappa shape index (κ2) is 7.81. The molecule has 1 atom stereocenters. The number of nitrogens with zero attached hydrogens (tertiary/aromatic N) is 1. The van der Waals surface area contributed by atoms with Crippen molar-refractivity contribution in [2.45, 2.75) is 52.5 Å². The first-order valence-electron chi connectivity index (χ1n) is 11.9. The molecule has 0 aliphatic heterocycles. The van der Waals surface area contributed by atoms with Gasteiger partial charge in [-0.05, 0) is 71.9 Å². The molecule has 3 aromatic rings. The normalized spacial score (nSPS) is 18.6. The lowest BCUT2D eigenvalue weighted by molar-refractivity contribution is 0.616. The van der Waals surface area contributed by atoms with Gasteiger partial charge >= 0.3 is 0 Å². The number of hydrogen-bond acceptors (Lipinski definition) is 1. The average Bonchev–Trinajstić information content (AvgIpc) is 3.02. The molecule has 162 valence electrons. The summed E-state index contributed by atoms with van der Waals surface area (Å²) in [4.78, 5) is 2.54. The summed E-state index contributed by atoms with van der Waals surface area (Å²) in [5.74, 6) is 0.469. The van der Waals surface area contributed by atoms with E-state index in [1.807, 2.05) is 0 Å². The standard InChI is InChI=1S/C31H33N/c1-21(2)32(30-18-15-24(19-22(30)3)23-11-7-6-8-12-23)25-16-17-27-26-13-9-10-14-28(26)31(4,5)29(27)20-25/h6-18,20-22H,19H2,1-5H3. The van der Waals surface area contributed by atoms with Crippen LogP contribution in [0.25, 0.3) is 16.7 Å². The maximum atomic E-state index is 2.54. The van der Waals surface area contributed by atoms with Gasteiger partial charge in [-0.1, -0.05) is 87.5 Å². The molecule has 0 radical (unpaired) electrons. The topological polar surface area (TPSA) is 3.24 Å². The quantitative estimate of drug-likeness (QED) is 0.412. The second-order valence-corrected chi connectivity index (χ2v) is 10.1. The van der Waals surface area contributed by atoms with E-state index in [9.17, 15) is 0 Å². The van der Waals surface area contributed by atoms with Crippen LogP contribution < -0.4 is 4.90 Å². The Labute approximate surface area is 193 Å². The van der Waals surface area contributed by atoms with Gasteiger partial charge in [0, 0.05) is 28.8 Å². The maximum absolute atomic E-state index is 2.54. The highest BCUT2D eigenvalue weighted by molar-refractivity contribution is 5.83.